The fraction of sp³-hybridized carbons (Fsp3) is 0.429. The van der Waals surface area contributed by atoms with Crippen molar-refractivity contribution in [3.05, 3.63) is 29.8 Å². The van der Waals surface area contributed by atoms with Gasteiger partial charge in [0, 0.05) is 18.7 Å². The van der Waals surface area contributed by atoms with Crippen LogP contribution in [0.25, 0.3) is 0 Å². The topological polar surface area (TPSA) is 70.2 Å². The SMILES string of the molecule is CCNCc1ccccc1NC(=O)[C@H]1CCC(=O)N1.Cl. The van der Waals surface area contributed by atoms with E-state index in [2.05, 4.69) is 16.0 Å². The van der Waals surface area contributed by atoms with E-state index in [1.54, 1.807) is 0 Å². The van der Waals surface area contributed by atoms with Crippen LogP contribution in [0.3, 0.4) is 0 Å². The van der Waals surface area contributed by atoms with Crippen LogP contribution in [0.4, 0.5) is 5.69 Å². The molecule has 20 heavy (non-hydrogen) atoms. The highest BCUT2D eigenvalue weighted by atomic mass is 35.5. The van der Waals surface area contributed by atoms with Crippen molar-refractivity contribution in [2.75, 3.05) is 11.9 Å². The molecule has 1 atom stereocenters. The average molecular weight is 298 g/mol. The number of amides is 2. The van der Waals surface area contributed by atoms with E-state index in [0.717, 1.165) is 17.8 Å². The first-order chi connectivity index (χ1) is 9.20. The van der Waals surface area contributed by atoms with Crippen LogP contribution in [0, 0.1) is 0 Å². The molecule has 3 N–H and O–H groups in total. The van der Waals surface area contributed by atoms with Crippen LogP contribution in [0.1, 0.15) is 25.3 Å². The largest absolute Gasteiger partial charge is 0.344 e. The molecular weight excluding hydrogens is 278 g/mol. The van der Waals surface area contributed by atoms with E-state index in [-0.39, 0.29) is 24.2 Å². The summed E-state index contributed by atoms with van der Waals surface area (Å²) in [5, 5.41) is 8.79. The Labute approximate surface area is 124 Å². The van der Waals surface area contributed by atoms with Gasteiger partial charge in [0.05, 0.1) is 0 Å². The molecule has 0 aliphatic carbocycles. The molecule has 1 saturated heterocycles. The van der Waals surface area contributed by atoms with Crippen molar-refractivity contribution >= 4 is 29.9 Å². The van der Waals surface area contributed by atoms with Crippen LogP contribution < -0.4 is 16.0 Å². The lowest BCUT2D eigenvalue weighted by atomic mass is 10.1. The third kappa shape index (κ3) is 4.21. The van der Waals surface area contributed by atoms with Crippen LogP contribution in [0.15, 0.2) is 24.3 Å². The monoisotopic (exact) mass is 297 g/mol. The number of para-hydroxylation sites is 1. The number of nitrogens with one attached hydrogen (secondary N) is 3. The molecule has 2 amide bonds. The summed E-state index contributed by atoms with van der Waals surface area (Å²) in [6, 6.07) is 7.28. The van der Waals surface area contributed by atoms with Gasteiger partial charge in [-0.15, -0.1) is 12.4 Å². The van der Waals surface area contributed by atoms with Crippen LogP contribution in [0.2, 0.25) is 0 Å². The van der Waals surface area contributed by atoms with E-state index in [4.69, 9.17) is 0 Å². The Kier molecular flexibility index (Phi) is 6.48. The van der Waals surface area contributed by atoms with E-state index in [0.29, 0.717) is 19.4 Å². The minimum Gasteiger partial charge on any atom is -0.344 e. The van der Waals surface area contributed by atoms with Crippen molar-refractivity contribution in [1.29, 1.82) is 0 Å². The fourth-order valence-electron chi connectivity index (χ4n) is 2.09. The third-order valence-electron chi connectivity index (χ3n) is 3.15. The Hall–Kier alpha value is -1.59. The highest BCUT2D eigenvalue weighted by Crippen LogP contribution is 2.16. The second-order valence-electron chi connectivity index (χ2n) is 4.59. The third-order valence-corrected chi connectivity index (χ3v) is 3.15. The molecule has 0 unspecified atom stereocenters. The van der Waals surface area contributed by atoms with Crippen molar-refractivity contribution in [2.24, 2.45) is 0 Å². The first-order valence-electron chi connectivity index (χ1n) is 6.59. The second kappa shape index (κ2) is 7.87. The van der Waals surface area contributed by atoms with Gasteiger partial charge in [0.25, 0.3) is 0 Å². The molecule has 1 fully saturated rings. The minimum atomic E-state index is -0.403. The summed E-state index contributed by atoms with van der Waals surface area (Å²) in [6.07, 6.45) is 0.997. The Morgan fingerprint density at radius 2 is 2.15 bits per heavy atom. The van der Waals surface area contributed by atoms with Gasteiger partial charge >= 0.3 is 0 Å². The van der Waals surface area contributed by atoms with Crippen LogP contribution in [-0.2, 0) is 16.1 Å². The van der Waals surface area contributed by atoms with E-state index >= 15 is 0 Å². The molecule has 0 aromatic heterocycles. The van der Waals surface area contributed by atoms with Crippen molar-refractivity contribution in [2.45, 2.75) is 32.4 Å². The molecule has 6 heteroatoms. The van der Waals surface area contributed by atoms with Crippen molar-refractivity contribution in [3.8, 4) is 0 Å². The van der Waals surface area contributed by atoms with Gasteiger partial charge in [-0.05, 0) is 24.6 Å². The Bertz CT molecular complexity index is 479. The molecule has 110 valence electrons. The number of carbonyl (C=O) groups is 2. The van der Waals surface area contributed by atoms with E-state index < -0.39 is 6.04 Å². The number of rotatable bonds is 5. The van der Waals surface area contributed by atoms with Crippen LogP contribution >= 0.6 is 12.4 Å². The average Bonchev–Trinajstić information content (AvgIpc) is 2.84. The lowest BCUT2D eigenvalue weighted by molar-refractivity contribution is -0.122. The molecule has 5 nitrogen and oxygen atoms in total. The van der Waals surface area contributed by atoms with E-state index in [1.807, 2.05) is 31.2 Å². The summed E-state index contributed by atoms with van der Waals surface area (Å²) in [7, 11) is 0. The standard InChI is InChI=1S/C14H19N3O2.ClH/c1-2-15-9-10-5-3-4-6-11(10)17-14(19)12-7-8-13(18)16-12;/h3-6,12,15H,2,7-9H2,1H3,(H,16,18)(H,17,19);1H/t12-;/m1./s1. The van der Waals surface area contributed by atoms with Gasteiger partial charge in [-0.1, -0.05) is 25.1 Å². The molecule has 1 heterocycles. The summed E-state index contributed by atoms with van der Waals surface area (Å²) in [4.78, 5) is 23.2. The highest BCUT2D eigenvalue weighted by Gasteiger charge is 2.27. The number of benzene rings is 1. The van der Waals surface area contributed by atoms with E-state index in [9.17, 15) is 9.59 Å². The Morgan fingerprint density at radius 1 is 1.40 bits per heavy atom. The molecule has 1 aliphatic heterocycles. The van der Waals surface area contributed by atoms with Gasteiger partial charge < -0.3 is 16.0 Å². The highest BCUT2D eigenvalue weighted by molar-refractivity contribution is 5.99. The summed E-state index contributed by atoms with van der Waals surface area (Å²) < 4.78 is 0. The summed E-state index contributed by atoms with van der Waals surface area (Å²) >= 11 is 0. The van der Waals surface area contributed by atoms with Crippen molar-refractivity contribution < 1.29 is 9.59 Å². The predicted octanol–water partition coefficient (Wildman–Crippen LogP) is 1.43. The number of halogens is 1. The Morgan fingerprint density at radius 3 is 2.80 bits per heavy atom. The zero-order valence-electron chi connectivity index (χ0n) is 11.4. The summed E-state index contributed by atoms with van der Waals surface area (Å²) in [5.74, 6) is -0.198. The van der Waals surface area contributed by atoms with Crippen molar-refractivity contribution in [1.82, 2.24) is 10.6 Å². The quantitative estimate of drug-likeness (QED) is 0.770. The molecule has 1 aromatic rings. The zero-order valence-corrected chi connectivity index (χ0v) is 12.3. The van der Waals surface area contributed by atoms with Gasteiger partial charge in [0.15, 0.2) is 0 Å². The van der Waals surface area contributed by atoms with Gasteiger partial charge in [0.1, 0.15) is 6.04 Å². The molecule has 0 saturated carbocycles. The molecule has 1 aromatic carbocycles. The van der Waals surface area contributed by atoms with E-state index in [1.165, 1.54) is 0 Å². The normalized spacial score (nSPS) is 17.2. The second-order valence-corrected chi connectivity index (χ2v) is 4.59. The number of anilines is 1. The van der Waals surface area contributed by atoms with Gasteiger partial charge in [-0.3, -0.25) is 9.59 Å². The molecule has 1 aliphatic rings. The number of hydrogen-bond acceptors (Lipinski definition) is 3. The molecular formula is C14H20ClN3O2. The van der Waals surface area contributed by atoms with Gasteiger partial charge in [0.2, 0.25) is 11.8 Å². The van der Waals surface area contributed by atoms with Gasteiger partial charge in [-0.2, -0.15) is 0 Å². The summed E-state index contributed by atoms with van der Waals surface area (Å²) in [6.45, 7) is 3.63. The van der Waals surface area contributed by atoms with Crippen molar-refractivity contribution in [3.63, 3.8) is 0 Å². The number of hydrogen-bond donors (Lipinski definition) is 3. The fourth-order valence-corrected chi connectivity index (χ4v) is 2.09. The maximum Gasteiger partial charge on any atom is 0.246 e. The lowest BCUT2D eigenvalue weighted by Gasteiger charge is -2.14. The van der Waals surface area contributed by atoms with Crippen LogP contribution in [-0.4, -0.2) is 24.4 Å². The molecule has 0 bridgehead atoms. The maximum atomic E-state index is 12.0. The smallest absolute Gasteiger partial charge is 0.246 e. The first-order valence-corrected chi connectivity index (χ1v) is 6.59. The minimum absolute atomic E-state index is 0. The number of carbonyl (C=O) groups excluding carboxylic acids is 2. The zero-order chi connectivity index (χ0) is 13.7. The van der Waals surface area contributed by atoms with Gasteiger partial charge in [-0.25, -0.2) is 0 Å². The summed E-state index contributed by atoms with van der Waals surface area (Å²) in [5.41, 5.74) is 1.84. The molecule has 2 rings (SSSR count). The first kappa shape index (κ1) is 16.5. The van der Waals surface area contributed by atoms with Crippen LogP contribution in [0.5, 0.6) is 0 Å². The maximum absolute atomic E-state index is 12.0. The Balaban J connectivity index is 0.00000200. The lowest BCUT2D eigenvalue weighted by Crippen LogP contribution is -2.37. The molecule has 0 radical (unpaired) electrons. The predicted molar refractivity (Wildman–Crippen MR) is 80.9 cm³/mol. The molecule has 0 spiro atoms.